The standard InChI is InChI=1S/C13H16F4N2/c14-11-5-4-8(13(15,16)17)6-12(11)19-10-3-1-2-9(18)7-10/h4-6,9-10,19H,1-3,7,18H2. The largest absolute Gasteiger partial charge is 0.416 e. The van der Waals surface area contributed by atoms with Gasteiger partial charge in [0.25, 0.3) is 0 Å². The van der Waals surface area contributed by atoms with Crippen molar-refractivity contribution >= 4 is 5.69 Å². The van der Waals surface area contributed by atoms with Gasteiger partial charge in [0.15, 0.2) is 0 Å². The zero-order valence-electron chi connectivity index (χ0n) is 10.3. The topological polar surface area (TPSA) is 38.0 Å². The van der Waals surface area contributed by atoms with Crippen LogP contribution < -0.4 is 11.1 Å². The van der Waals surface area contributed by atoms with Crippen LogP contribution in [-0.4, -0.2) is 12.1 Å². The molecule has 1 aliphatic rings. The monoisotopic (exact) mass is 276 g/mol. The van der Waals surface area contributed by atoms with E-state index < -0.39 is 17.6 Å². The molecule has 106 valence electrons. The van der Waals surface area contributed by atoms with E-state index in [2.05, 4.69) is 5.32 Å². The van der Waals surface area contributed by atoms with Crippen LogP contribution in [0, 0.1) is 5.82 Å². The summed E-state index contributed by atoms with van der Waals surface area (Å²) < 4.78 is 51.3. The third kappa shape index (κ3) is 3.59. The molecule has 19 heavy (non-hydrogen) atoms. The number of halogens is 4. The average Bonchev–Trinajstić information content (AvgIpc) is 2.30. The van der Waals surface area contributed by atoms with Gasteiger partial charge in [0, 0.05) is 12.1 Å². The van der Waals surface area contributed by atoms with Crippen LogP contribution in [0.1, 0.15) is 31.2 Å². The first-order valence-corrected chi connectivity index (χ1v) is 6.25. The number of rotatable bonds is 2. The summed E-state index contributed by atoms with van der Waals surface area (Å²) in [5, 5.41) is 2.84. The Hall–Kier alpha value is -1.30. The lowest BCUT2D eigenvalue weighted by Crippen LogP contribution is -2.35. The lowest BCUT2D eigenvalue weighted by atomic mass is 9.91. The molecule has 0 aromatic heterocycles. The summed E-state index contributed by atoms with van der Waals surface area (Å²) in [5.74, 6) is -0.674. The summed E-state index contributed by atoms with van der Waals surface area (Å²) >= 11 is 0. The van der Waals surface area contributed by atoms with Crippen molar-refractivity contribution in [1.82, 2.24) is 0 Å². The van der Waals surface area contributed by atoms with Gasteiger partial charge >= 0.3 is 6.18 Å². The molecule has 1 aromatic carbocycles. The number of nitrogens with one attached hydrogen (secondary N) is 1. The van der Waals surface area contributed by atoms with Crippen molar-refractivity contribution in [3.63, 3.8) is 0 Å². The second kappa shape index (κ2) is 5.36. The van der Waals surface area contributed by atoms with Crippen LogP contribution >= 0.6 is 0 Å². The third-order valence-electron chi connectivity index (χ3n) is 3.37. The minimum Gasteiger partial charge on any atom is -0.380 e. The second-order valence-corrected chi connectivity index (χ2v) is 4.96. The van der Waals surface area contributed by atoms with E-state index in [0.717, 1.165) is 37.5 Å². The molecule has 1 aromatic rings. The lowest BCUT2D eigenvalue weighted by Gasteiger charge is -2.28. The molecule has 2 nitrogen and oxygen atoms in total. The molecule has 0 aliphatic heterocycles. The van der Waals surface area contributed by atoms with Crippen molar-refractivity contribution in [3.05, 3.63) is 29.6 Å². The lowest BCUT2D eigenvalue weighted by molar-refractivity contribution is -0.137. The van der Waals surface area contributed by atoms with Gasteiger partial charge < -0.3 is 11.1 Å². The smallest absolute Gasteiger partial charge is 0.380 e. The summed E-state index contributed by atoms with van der Waals surface area (Å²) in [7, 11) is 0. The molecular formula is C13H16F4N2. The van der Waals surface area contributed by atoms with Crippen molar-refractivity contribution in [2.24, 2.45) is 5.73 Å². The van der Waals surface area contributed by atoms with Gasteiger partial charge in [0.1, 0.15) is 5.82 Å². The van der Waals surface area contributed by atoms with Gasteiger partial charge in [0.05, 0.1) is 11.3 Å². The Morgan fingerprint density at radius 3 is 2.58 bits per heavy atom. The van der Waals surface area contributed by atoms with E-state index in [1.807, 2.05) is 0 Å². The molecule has 0 saturated heterocycles. The molecule has 1 saturated carbocycles. The highest BCUT2D eigenvalue weighted by Crippen LogP contribution is 2.32. The van der Waals surface area contributed by atoms with Crippen LogP contribution in [0.4, 0.5) is 23.2 Å². The summed E-state index contributed by atoms with van der Waals surface area (Å²) in [4.78, 5) is 0. The van der Waals surface area contributed by atoms with Gasteiger partial charge in [-0.3, -0.25) is 0 Å². The van der Waals surface area contributed by atoms with E-state index >= 15 is 0 Å². The Balaban J connectivity index is 2.15. The second-order valence-electron chi connectivity index (χ2n) is 4.96. The van der Waals surface area contributed by atoms with Crippen molar-refractivity contribution in [2.45, 2.75) is 43.9 Å². The Kier molecular flexibility index (Phi) is 3.99. The zero-order valence-corrected chi connectivity index (χ0v) is 10.3. The van der Waals surface area contributed by atoms with Crippen LogP contribution in [0.3, 0.4) is 0 Å². The maximum Gasteiger partial charge on any atom is 0.416 e. The fourth-order valence-corrected chi connectivity index (χ4v) is 2.39. The fraction of sp³-hybridized carbons (Fsp3) is 0.538. The van der Waals surface area contributed by atoms with Crippen LogP contribution in [0.25, 0.3) is 0 Å². The predicted molar refractivity (Wildman–Crippen MR) is 65.3 cm³/mol. The van der Waals surface area contributed by atoms with E-state index in [0.29, 0.717) is 6.42 Å². The quantitative estimate of drug-likeness (QED) is 0.811. The third-order valence-corrected chi connectivity index (χ3v) is 3.37. The summed E-state index contributed by atoms with van der Waals surface area (Å²) in [6.07, 6.45) is -1.21. The molecule has 2 atom stereocenters. The Morgan fingerprint density at radius 2 is 1.95 bits per heavy atom. The molecule has 0 heterocycles. The highest BCUT2D eigenvalue weighted by molar-refractivity contribution is 5.48. The molecule has 1 fully saturated rings. The molecule has 2 unspecified atom stereocenters. The Morgan fingerprint density at radius 1 is 1.21 bits per heavy atom. The summed E-state index contributed by atoms with van der Waals surface area (Å²) in [5.41, 5.74) is 4.85. The van der Waals surface area contributed by atoms with Crippen LogP contribution in [0.15, 0.2) is 18.2 Å². The zero-order chi connectivity index (χ0) is 14.0. The average molecular weight is 276 g/mol. The minimum absolute atomic E-state index is 0.0279. The molecule has 1 aliphatic carbocycles. The number of benzene rings is 1. The molecule has 6 heteroatoms. The van der Waals surface area contributed by atoms with E-state index in [1.54, 1.807) is 0 Å². The number of hydrogen-bond acceptors (Lipinski definition) is 2. The highest BCUT2D eigenvalue weighted by atomic mass is 19.4. The van der Waals surface area contributed by atoms with E-state index in [1.165, 1.54) is 0 Å². The van der Waals surface area contributed by atoms with Gasteiger partial charge in [-0.25, -0.2) is 4.39 Å². The summed E-state index contributed by atoms with van der Waals surface area (Å²) in [6, 6.07) is 2.36. The molecule has 2 rings (SSSR count). The maximum atomic E-state index is 13.5. The molecule has 0 radical (unpaired) electrons. The molecule has 0 spiro atoms. The van der Waals surface area contributed by atoms with Gasteiger partial charge in [-0.2, -0.15) is 13.2 Å². The predicted octanol–water partition coefficient (Wildman–Crippen LogP) is 3.53. The molecule has 0 amide bonds. The van der Waals surface area contributed by atoms with Crippen LogP contribution in [0.5, 0.6) is 0 Å². The van der Waals surface area contributed by atoms with E-state index in [4.69, 9.17) is 5.73 Å². The van der Waals surface area contributed by atoms with E-state index in [-0.39, 0.29) is 17.8 Å². The first-order valence-electron chi connectivity index (χ1n) is 6.25. The maximum absolute atomic E-state index is 13.5. The highest BCUT2D eigenvalue weighted by Gasteiger charge is 2.31. The number of anilines is 1. The van der Waals surface area contributed by atoms with Gasteiger partial charge in [-0.1, -0.05) is 0 Å². The van der Waals surface area contributed by atoms with Gasteiger partial charge in [-0.05, 0) is 43.9 Å². The minimum atomic E-state index is -4.47. The van der Waals surface area contributed by atoms with Gasteiger partial charge in [-0.15, -0.1) is 0 Å². The molecule has 0 bridgehead atoms. The number of nitrogens with two attached hydrogens (primary N) is 1. The fourth-order valence-electron chi connectivity index (χ4n) is 2.39. The molecule has 3 N–H and O–H groups in total. The van der Waals surface area contributed by atoms with E-state index in [9.17, 15) is 17.6 Å². The van der Waals surface area contributed by atoms with Crippen molar-refractivity contribution in [2.75, 3.05) is 5.32 Å². The molecular weight excluding hydrogens is 260 g/mol. The van der Waals surface area contributed by atoms with Crippen molar-refractivity contribution < 1.29 is 17.6 Å². The normalized spacial score (nSPS) is 24.3. The Labute approximate surface area is 109 Å². The van der Waals surface area contributed by atoms with Crippen molar-refractivity contribution in [1.29, 1.82) is 0 Å². The first-order chi connectivity index (χ1) is 8.86. The van der Waals surface area contributed by atoms with Crippen LogP contribution in [0.2, 0.25) is 0 Å². The number of alkyl halides is 3. The van der Waals surface area contributed by atoms with Crippen LogP contribution in [-0.2, 0) is 6.18 Å². The summed E-state index contributed by atoms with van der Waals surface area (Å²) in [6.45, 7) is 0. The Bertz CT molecular complexity index is 445. The number of hydrogen-bond donors (Lipinski definition) is 2. The SMILES string of the molecule is NC1CCCC(Nc2cc(C(F)(F)F)ccc2F)C1. The van der Waals surface area contributed by atoms with Gasteiger partial charge in [0.2, 0.25) is 0 Å². The van der Waals surface area contributed by atoms with Crippen molar-refractivity contribution in [3.8, 4) is 0 Å². The first kappa shape index (κ1) is 14.1.